The smallest absolute Gasteiger partial charge is 0.408 e. The molecular formula is C20H17F5N8O3. The predicted molar refractivity (Wildman–Crippen MR) is 116 cm³/mol. The lowest BCUT2D eigenvalue weighted by atomic mass is 10.1. The van der Waals surface area contributed by atoms with Crippen molar-refractivity contribution in [1.82, 2.24) is 34.9 Å². The van der Waals surface area contributed by atoms with Gasteiger partial charge in [-0.25, -0.2) is 23.2 Å². The number of hydrogen-bond acceptors (Lipinski definition) is 8. The lowest BCUT2D eigenvalue weighted by Crippen LogP contribution is -2.33. The fourth-order valence-corrected chi connectivity index (χ4v) is 3.23. The van der Waals surface area contributed by atoms with Crippen LogP contribution in [0.2, 0.25) is 0 Å². The van der Waals surface area contributed by atoms with Crippen molar-refractivity contribution in [2.24, 2.45) is 7.05 Å². The number of aromatic amines is 2. The van der Waals surface area contributed by atoms with Crippen LogP contribution >= 0.6 is 0 Å². The van der Waals surface area contributed by atoms with Gasteiger partial charge in [-0.15, -0.1) is 15.3 Å². The molecule has 36 heavy (non-hydrogen) atoms. The highest BCUT2D eigenvalue weighted by molar-refractivity contribution is 5.84. The summed E-state index contributed by atoms with van der Waals surface area (Å²) in [5.74, 6) is -0.562. The van der Waals surface area contributed by atoms with Gasteiger partial charge in [-0.3, -0.25) is 9.78 Å². The van der Waals surface area contributed by atoms with Crippen LogP contribution in [0.1, 0.15) is 18.6 Å². The van der Waals surface area contributed by atoms with Crippen LogP contribution < -0.4 is 21.3 Å². The zero-order valence-electron chi connectivity index (χ0n) is 18.5. The highest BCUT2D eigenvalue weighted by Gasteiger charge is 2.36. The molecule has 11 nitrogen and oxygen atoms in total. The molecule has 0 saturated carbocycles. The number of H-pyrrole nitrogens is 2. The van der Waals surface area contributed by atoms with Crippen LogP contribution in [0.3, 0.4) is 0 Å². The molecule has 4 heterocycles. The van der Waals surface area contributed by atoms with Crippen LogP contribution in [0.5, 0.6) is 5.88 Å². The molecule has 0 bridgehead atoms. The normalized spacial score (nSPS) is 13.7. The molecule has 0 aliphatic heterocycles. The van der Waals surface area contributed by atoms with E-state index in [1.807, 2.05) is 4.98 Å². The van der Waals surface area contributed by atoms with Crippen LogP contribution in [0, 0.1) is 0 Å². The number of nitrogens with zero attached hydrogens (tertiary/aromatic N) is 5. The SMILES string of the molecule is C[C@H](Nc1cc([C@@H](Oc2nn(C)c3nnc(-c4c[nH]c(=O)[nH]c4=O)cc23)C(F)F)ccn1)C(F)(F)F. The van der Waals surface area contributed by atoms with Crippen LogP contribution in [0.4, 0.5) is 27.8 Å². The average Bonchev–Trinajstić information content (AvgIpc) is 3.11. The number of hydrogen-bond donors (Lipinski definition) is 3. The van der Waals surface area contributed by atoms with Gasteiger partial charge < -0.3 is 15.0 Å². The summed E-state index contributed by atoms with van der Waals surface area (Å²) >= 11 is 0. The van der Waals surface area contributed by atoms with E-state index in [0.717, 1.165) is 25.4 Å². The zero-order chi connectivity index (χ0) is 26.2. The second-order valence-corrected chi connectivity index (χ2v) is 7.64. The van der Waals surface area contributed by atoms with Crippen molar-refractivity contribution in [3.05, 3.63) is 57.0 Å². The van der Waals surface area contributed by atoms with Crippen molar-refractivity contribution in [2.45, 2.75) is 31.7 Å². The third kappa shape index (κ3) is 5.01. The summed E-state index contributed by atoms with van der Waals surface area (Å²) in [7, 11) is 1.46. The maximum absolute atomic E-state index is 14.0. The molecule has 4 rings (SSSR count). The van der Waals surface area contributed by atoms with E-state index in [0.29, 0.717) is 0 Å². The van der Waals surface area contributed by atoms with E-state index in [1.54, 1.807) is 0 Å². The van der Waals surface area contributed by atoms with E-state index >= 15 is 0 Å². The molecule has 3 N–H and O–H groups in total. The molecule has 0 aliphatic rings. The Morgan fingerprint density at radius 2 is 1.92 bits per heavy atom. The van der Waals surface area contributed by atoms with Crippen molar-refractivity contribution in [3.8, 4) is 17.1 Å². The van der Waals surface area contributed by atoms with Gasteiger partial charge in [0.25, 0.3) is 12.0 Å². The lowest BCUT2D eigenvalue weighted by molar-refractivity contribution is -0.138. The van der Waals surface area contributed by atoms with Crippen LogP contribution in [0.15, 0.2) is 40.2 Å². The van der Waals surface area contributed by atoms with Gasteiger partial charge in [0.05, 0.1) is 10.9 Å². The number of rotatable bonds is 7. The minimum absolute atomic E-state index is 0.00276. The van der Waals surface area contributed by atoms with E-state index in [-0.39, 0.29) is 39.6 Å². The fourth-order valence-electron chi connectivity index (χ4n) is 3.23. The summed E-state index contributed by atoms with van der Waals surface area (Å²) in [4.78, 5) is 31.5. The van der Waals surface area contributed by atoms with Crippen molar-refractivity contribution in [3.63, 3.8) is 0 Å². The van der Waals surface area contributed by atoms with Gasteiger partial charge >= 0.3 is 11.9 Å². The molecule has 0 radical (unpaired) electrons. The molecular weight excluding hydrogens is 495 g/mol. The van der Waals surface area contributed by atoms with Crippen LogP contribution in [-0.2, 0) is 7.05 Å². The quantitative estimate of drug-likeness (QED) is 0.321. The van der Waals surface area contributed by atoms with Gasteiger partial charge in [-0.1, -0.05) is 0 Å². The second-order valence-electron chi connectivity index (χ2n) is 7.64. The topological polar surface area (TPSA) is 143 Å². The molecule has 0 saturated heterocycles. The van der Waals surface area contributed by atoms with E-state index in [1.165, 1.54) is 23.9 Å². The summed E-state index contributed by atoms with van der Waals surface area (Å²) < 4.78 is 73.3. The van der Waals surface area contributed by atoms with Gasteiger partial charge in [0.1, 0.15) is 17.6 Å². The van der Waals surface area contributed by atoms with Crippen molar-refractivity contribution >= 4 is 16.9 Å². The number of fused-ring (bicyclic) bond motifs is 1. The summed E-state index contributed by atoms with van der Waals surface area (Å²) in [5.41, 5.74) is -1.56. The summed E-state index contributed by atoms with van der Waals surface area (Å²) in [5, 5.41) is 14.1. The van der Waals surface area contributed by atoms with Gasteiger partial charge in [-0.05, 0) is 25.1 Å². The number of aromatic nitrogens is 7. The molecule has 4 aromatic heterocycles. The number of aryl methyl sites for hydroxylation is 1. The van der Waals surface area contributed by atoms with Crippen molar-refractivity contribution < 1.29 is 26.7 Å². The predicted octanol–water partition coefficient (Wildman–Crippen LogP) is 2.55. The first-order valence-corrected chi connectivity index (χ1v) is 10.2. The molecule has 2 atom stereocenters. The lowest BCUT2D eigenvalue weighted by Gasteiger charge is -2.20. The molecule has 0 aliphatic carbocycles. The summed E-state index contributed by atoms with van der Waals surface area (Å²) in [6.45, 7) is 0.863. The Hall–Kier alpha value is -4.37. The number of ether oxygens (including phenoxy) is 1. The second kappa shape index (κ2) is 9.35. The Balaban J connectivity index is 1.71. The Morgan fingerprint density at radius 3 is 2.58 bits per heavy atom. The minimum atomic E-state index is -4.57. The first-order valence-electron chi connectivity index (χ1n) is 10.2. The highest BCUT2D eigenvalue weighted by atomic mass is 19.4. The molecule has 190 valence electrons. The van der Waals surface area contributed by atoms with Crippen molar-refractivity contribution in [1.29, 1.82) is 0 Å². The van der Waals surface area contributed by atoms with E-state index < -0.39 is 36.0 Å². The number of anilines is 1. The average molecular weight is 512 g/mol. The molecule has 0 spiro atoms. The monoisotopic (exact) mass is 512 g/mol. The fraction of sp³-hybridized carbons (Fsp3) is 0.300. The molecule has 0 unspecified atom stereocenters. The van der Waals surface area contributed by atoms with Gasteiger partial charge in [0.2, 0.25) is 5.88 Å². The summed E-state index contributed by atoms with van der Waals surface area (Å²) in [6, 6.07) is 1.55. The number of nitrogens with one attached hydrogen (secondary N) is 3. The summed E-state index contributed by atoms with van der Waals surface area (Å²) in [6.07, 6.45) is -7.42. The number of halogens is 5. The third-order valence-electron chi connectivity index (χ3n) is 5.08. The number of pyridine rings is 1. The van der Waals surface area contributed by atoms with Crippen LogP contribution in [-0.4, -0.2) is 53.6 Å². The molecule has 16 heteroatoms. The van der Waals surface area contributed by atoms with E-state index in [9.17, 15) is 31.5 Å². The third-order valence-corrected chi connectivity index (χ3v) is 5.08. The maximum Gasteiger partial charge on any atom is 0.408 e. The van der Waals surface area contributed by atoms with Crippen LogP contribution in [0.25, 0.3) is 22.3 Å². The molecule has 0 amide bonds. The molecule has 4 aromatic rings. The molecule has 0 fully saturated rings. The Bertz CT molecular complexity index is 1510. The molecule has 0 aromatic carbocycles. The van der Waals surface area contributed by atoms with E-state index in [2.05, 4.69) is 30.6 Å². The largest absolute Gasteiger partial charge is 0.462 e. The minimum Gasteiger partial charge on any atom is -0.462 e. The van der Waals surface area contributed by atoms with Crippen molar-refractivity contribution in [2.75, 3.05) is 5.32 Å². The zero-order valence-corrected chi connectivity index (χ0v) is 18.5. The Kier molecular flexibility index (Phi) is 6.43. The highest BCUT2D eigenvalue weighted by Crippen LogP contribution is 2.33. The standard InChI is InChI=1S/C20H17F5N8O3/c1-8(20(23,24)25)28-13-5-9(3-4-26-13)14(15(21)22)36-18-10-6-12(30-31-16(10)33(2)32-18)11-7-27-19(35)29-17(11)34/h3-8,14-15H,1-2H3,(H,26,28)(H2,27,29,34,35)/t8-,14+/m0/s1. The first-order chi connectivity index (χ1) is 16.9. The Labute approximate surface area is 197 Å². The van der Waals surface area contributed by atoms with Gasteiger partial charge in [-0.2, -0.15) is 13.2 Å². The Morgan fingerprint density at radius 1 is 1.17 bits per heavy atom. The number of alkyl halides is 5. The maximum atomic E-state index is 14.0. The first kappa shape index (κ1) is 24.7. The van der Waals surface area contributed by atoms with Gasteiger partial charge in [0, 0.05) is 25.0 Å². The van der Waals surface area contributed by atoms with E-state index in [4.69, 9.17) is 4.74 Å². The van der Waals surface area contributed by atoms with Gasteiger partial charge in [0.15, 0.2) is 11.8 Å².